The first-order valence-corrected chi connectivity index (χ1v) is 12.3. The third-order valence-corrected chi connectivity index (χ3v) is 7.41. The van der Waals surface area contributed by atoms with Crippen LogP contribution in [0.4, 0.5) is 14.6 Å². The van der Waals surface area contributed by atoms with E-state index in [-0.39, 0.29) is 0 Å². The zero-order valence-corrected chi connectivity index (χ0v) is 18.2. The van der Waals surface area contributed by atoms with E-state index in [1.807, 2.05) is 0 Å². The largest absolute Gasteiger partial charge is 0.490 e. The highest BCUT2D eigenvalue weighted by molar-refractivity contribution is 7.71. The first-order chi connectivity index (χ1) is 14.4. The van der Waals surface area contributed by atoms with Crippen molar-refractivity contribution in [1.29, 1.82) is 0 Å². The zero-order valence-electron chi connectivity index (χ0n) is 14.7. The van der Waals surface area contributed by atoms with Crippen molar-refractivity contribution in [3.8, 4) is 0 Å². The summed E-state index contributed by atoms with van der Waals surface area (Å²) in [5, 5.41) is 12.8. The van der Waals surface area contributed by atoms with Crippen molar-refractivity contribution < 1.29 is 65.0 Å². The van der Waals surface area contributed by atoms with Gasteiger partial charge in [-0.25, -0.2) is 27.0 Å². The summed E-state index contributed by atoms with van der Waals surface area (Å²) in [5.41, 5.74) is 13.9. The fraction of sp³-hybridized carbons (Fsp3) is 0.500. The molecule has 180 valence electrons. The second-order valence-corrected chi connectivity index (χ2v) is 10.3. The van der Waals surface area contributed by atoms with Crippen LogP contribution in [-0.2, 0) is 31.6 Å². The number of phosphoric acid groups is 3. The van der Waals surface area contributed by atoms with Gasteiger partial charge < -0.3 is 35.2 Å². The Hall–Kier alpha value is -1.40. The smallest absolute Gasteiger partial charge is 0.384 e. The quantitative estimate of drug-likeness (QED) is 0.0867. The van der Waals surface area contributed by atoms with E-state index in [2.05, 4.69) is 28.2 Å². The van der Waals surface area contributed by atoms with E-state index in [4.69, 9.17) is 42.9 Å². The van der Waals surface area contributed by atoms with Gasteiger partial charge in [-0.1, -0.05) is 0 Å². The van der Waals surface area contributed by atoms with Crippen LogP contribution in [0.3, 0.4) is 0 Å². The van der Waals surface area contributed by atoms with Crippen molar-refractivity contribution in [1.82, 2.24) is 9.55 Å². The summed E-state index contributed by atoms with van der Waals surface area (Å²) >= 11 is 4.74. The molecule has 2 heterocycles. The molecule has 1 aromatic heterocycles. The molecule has 24 heteroatoms. The van der Waals surface area contributed by atoms with Gasteiger partial charge >= 0.3 is 23.5 Å². The van der Waals surface area contributed by atoms with Gasteiger partial charge in [0, 0.05) is 11.1 Å². The fourth-order valence-electron chi connectivity index (χ4n) is 2.22. The lowest BCUT2D eigenvalue weighted by Gasteiger charge is -2.28. The van der Waals surface area contributed by atoms with E-state index in [0.29, 0.717) is 10.8 Å². The molecular formula is C8H11F2N6O12P3S. The minimum Gasteiger partial charge on any atom is -0.384 e. The first kappa shape index (κ1) is 26.8. The summed E-state index contributed by atoms with van der Waals surface area (Å²) in [4.78, 5) is 41.3. The maximum atomic E-state index is 14.7. The van der Waals surface area contributed by atoms with Gasteiger partial charge in [0.15, 0.2) is 30.1 Å². The van der Waals surface area contributed by atoms with Crippen LogP contribution in [0, 0.1) is 10.6 Å². The lowest BCUT2D eigenvalue weighted by molar-refractivity contribution is -0.222. The molecule has 7 N–H and O–H groups in total. The van der Waals surface area contributed by atoms with Crippen LogP contribution in [-0.4, -0.2) is 52.4 Å². The Kier molecular flexibility index (Phi) is 7.63. The van der Waals surface area contributed by atoms with Crippen molar-refractivity contribution in [3.05, 3.63) is 27.2 Å². The number of aliphatic hydroxyl groups is 1. The average molecular weight is 546 g/mol. The summed E-state index contributed by atoms with van der Waals surface area (Å²) in [5.74, 6) is -5.45. The number of nitrogens with zero attached hydrogens (tertiary/aromatic N) is 5. The van der Waals surface area contributed by atoms with E-state index in [9.17, 15) is 32.5 Å². The second kappa shape index (κ2) is 9.09. The molecule has 0 aromatic carbocycles. The molecule has 0 aliphatic carbocycles. The number of aromatic nitrogens is 2. The number of azide groups is 1. The summed E-state index contributed by atoms with van der Waals surface area (Å²) in [7, 11) is -17.9. The summed E-state index contributed by atoms with van der Waals surface area (Å²) in [6, 6.07) is 0. The van der Waals surface area contributed by atoms with Gasteiger partial charge in [-0.3, -0.25) is 4.57 Å². The Morgan fingerprint density at radius 1 is 1.31 bits per heavy atom. The number of hydrogen-bond acceptors (Lipinski definition) is 12. The molecule has 6 atom stereocenters. The van der Waals surface area contributed by atoms with Crippen molar-refractivity contribution in [2.45, 2.75) is 24.4 Å². The molecule has 0 spiro atoms. The number of nitrogen functional groups attached to an aromatic ring is 1. The maximum absolute atomic E-state index is 14.7. The summed E-state index contributed by atoms with van der Waals surface area (Å²) < 4.78 is 78.3. The minimum absolute atomic E-state index is 0.421. The minimum atomic E-state index is -6.10. The van der Waals surface area contributed by atoms with Gasteiger partial charge in [0.1, 0.15) is 0 Å². The van der Waals surface area contributed by atoms with Crippen molar-refractivity contribution in [2.75, 3.05) is 5.73 Å². The van der Waals surface area contributed by atoms with Crippen LogP contribution >= 0.6 is 35.7 Å². The highest BCUT2D eigenvalue weighted by atomic mass is 32.1. The highest BCUT2D eigenvalue weighted by Crippen LogP contribution is 2.68. The van der Waals surface area contributed by atoms with Gasteiger partial charge in [-0.05, 0) is 22.9 Å². The van der Waals surface area contributed by atoms with Gasteiger partial charge in [0.2, 0.25) is 4.77 Å². The average Bonchev–Trinajstić information content (AvgIpc) is 2.80. The topological polar surface area (TPSA) is 282 Å². The molecule has 0 radical (unpaired) electrons. The third kappa shape index (κ3) is 6.13. The molecule has 1 aromatic rings. The van der Waals surface area contributed by atoms with Gasteiger partial charge in [-0.2, -0.15) is 13.6 Å². The third-order valence-electron chi connectivity index (χ3n) is 3.29. The SMILES string of the molecule is [N-]=[N+]=N[C@]1(OP(=O)(O)OP(=O)(O)OP(=O)(O)O)O[C@@H](n2cc(F)c(N)nc2=S)C(F)[C@H]1O. The van der Waals surface area contributed by atoms with E-state index in [0.717, 1.165) is 0 Å². The number of anilines is 1. The number of alkyl halides is 1. The molecule has 1 saturated heterocycles. The lowest BCUT2D eigenvalue weighted by Crippen LogP contribution is -2.42. The Balaban J connectivity index is 2.43. The highest BCUT2D eigenvalue weighted by Gasteiger charge is 2.61. The molecule has 18 nitrogen and oxygen atoms in total. The van der Waals surface area contributed by atoms with E-state index in [1.165, 1.54) is 0 Å². The Labute approximate surface area is 179 Å². The zero-order chi connectivity index (χ0) is 24.7. The number of nitrogens with two attached hydrogens (primary N) is 1. The van der Waals surface area contributed by atoms with Crippen LogP contribution < -0.4 is 5.73 Å². The molecule has 0 amide bonds. The van der Waals surface area contributed by atoms with Gasteiger partial charge in [0.05, 0.1) is 0 Å². The molecule has 32 heavy (non-hydrogen) atoms. The van der Waals surface area contributed by atoms with Crippen molar-refractivity contribution >= 4 is 41.5 Å². The lowest BCUT2D eigenvalue weighted by atomic mass is 10.2. The predicted octanol–water partition coefficient (Wildman–Crippen LogP) is 0.869. The van der Waals surface area contributed by atoms with E-state index >= 15 is 0 Å². The maximum Gasteiger partial charge on any atom is 0.490 e. The number of rotatable bonds is 8. The van der Waals surface area contributed by atoms with Crippen LogP contribution in [0.1, 0.15) is 6.23 Å². The van der Waals surface area contributed by atoms with Gasteiger partial charge in [0.25, 0.3) is 5.91 Å². The normalized spacial score (nSPS) is 29.7. The Morgan fingerprint density at radius 2 is 1.91 bits per heavy atom. The number of halogens is 2. The molecule has 0 bridgehead atoms. The molecule has 1 aliphatic rings. The monoisotopic (exact) mass is 546 g/mol. The molecule has 0 saturated carbocycles. The fourth-order valence-corrected chi connectivity index (χ4v) is 5.63. The molecule has 3 unspecified atom stereocenters. The summed E-state index contributed by atoms with van der Waals surface area (Å²) in [6.07, 6.45) is -7.27. The molecule has 1 fully saturated rings. The molecule has 2 rings (SSSR count). The van der Waals surface area contributed by atoms with Crippen LogP contribution in [0.25, 0.3) is 10.4 Å². The second-order valence-electron chi connectivity index (χ2n) is 5.56. The predicted molar refractivity (Wildman–Crippen MR) is 95.3 cm³/mol. The van der Waals surface area contributed by atoms with E-state index < -0.39 is 64.3 Å². The van der Waals surface area contributed by atoms with Crippen LogP contribution in [0.5, 0.6) is 0 Å². The van der Waals surface area contributed by atoms with Crippen molar-refractivity contribution in [3.63, 3.8) is 0 Å². The first-order valence-electron chi connectivity index (χ1n) is 7.37. The standard InChI is InChI=1S/C8H11F2N6O12P3S/c9-2-1-16(7(32)13-5(2)11)6-3(10)4(17)8(25-6,14-15-12)26-30(21,22)28-31(23,24)27-29(18,19)20/h1,3-4,6,17H,(H,21,22)(H,23,24)(H2,11,13,32)(H2,18,19,20)/t3?,4-,6-,8+/m1/s1. The summed E-state index contributed by atoms with van der Waals surface area (Å²) in [6.45, 7) is 0. The van der Waals surface area contributed by atoms with Crippen LogP contribution in [0.2, 0.25) is 0 Å². The number of ether oxygens (including phenoxy) is 1. The number of aliphatic hydroxyl groups excluding tert-OH is 1. The molecular weight excluding hydrogens is 535 g/mol. The number of hydrogen-bond donors (Lipinski definition) is 6. The van der Waals surface area contributed by atoms with Crippen LogP contribution in [0.15, 0.2) is 11.3 Å². The number of phosphoric ester groups is 1. The Bertz CT molecular complexity index is 1160. The Morgan fingerprint density at radius 3 is 2.44 bits per heavy atom. The van der Waals surface area contributed by atoms with Crippen molar-refractivity contribution in [2.24, 2.45) is 5.11 Å². The van der Waals surface area contributed by atoms with Gasteiger partial charge in [-0.15, -0.1) is 0 Å². The van der Waals surface area contributed by atoms with E-state index in [1.54, 1.807) is 0 Å². The molecule has 1 aliphatic heterocycles.